The Balaban J connectivity index is 1.89. The highest BCUT2D eigenvalue weighted by atomic mass is 16.5. The molecule has 0 radical (unpaired) electrons. The van der Waals surface area contributed by atoms with Crippen LogP contribution < -0.4 is 14.8 Å². The van der Waals surface area contributed by atoms with Crippen molar-refractivity contribution in [2.45, 2.75) is 25.9 Å². The van der Waals surface area contributed by atoms with Gasteiger partial charge in [0.1, 0.15) is 11.5 Å². The molecule has 0 saturated carbocycles. The van der Waals surface area contributed by atoms with Gasteiger partial charge >= 0.3 is 0 Å². The first-order chi connectivity index (χ1) is 8.29. The third-order valence-corrected chi connectivity index (χ3v) is 3.38. The van der Waals surface area contributed by atoms with Crippen molar-refractivity contribution in [3.8, 4) is 11.5 Å². The minimum Gasteiger partial charge on any atom is -0.497 e. The molecule has 0 aromatic heterocycles. The molecular weight excluding hydrogens is 214 g/mol. The molecular formula is C14H21NO2. The summed E-state index contributed by atoms with van der Waals surface area (Å²) >= 11 is 0. The summed E-state index contributed by atoms with van der Waals surface area (Å²) in [7, 11) is 1.67. The number of nitrogens with one attached hydrogen (secondary N) is 1. The van der Waals surface area contributed by atoms with Crippen LogP contribution in [0.15, 0.2) is 24.3 Å². The van der Waals surface area contributed by atoms with E-state index in [2.05, 4.69) is 12.2 Å². The molecule has 0 bridgehead atoms. The Bertz CT molecular complexity index is 331. The summed E-state index contributed by atoms with van der Waals surface area (Å²) in [5.74, 6) is 2.40. The molecule has 1 heterocycles. The maximum atomic E-state index is 5.96. The predicted octanol–water partition coefficient (Wildman–Crippen LogP) is 2.46. The lowest BCUT2D eigenvalue weighted by Gasteiger charge is -2.28. The first kappa shape index (κ1) is 12.2. The Labute approximate surface area is 103 Å². The lowest BCUT2D eigenvalue weighted by molar-refractivity contribution is 0.131. The molecule has 0 amide bonds. The molecule has 1 fully saturated rings. The van der Waals surface area contributed by atoms with Gasteiger partial charge in [-0.3, -0.25) is 0 Å². The predicted molar refractivity (Wildman–Crippen MR) is 68.7 cm³/mol. The summed E-state index contributed by atoms with van der Waals surface area (Å²) in [6.45, 7) is 4.37. The Kier molecular flexibility index (Phi) is 4.26. The summed E-state index contributed by atoms with van der Waals surface area (Å²) in [4.78, 5) is 0. The second-order valence-corrected chi connectivity index (χ2v) is 4.60. The lowest BCUT2D eigenvalue weighted by atomic mass is 9.95. The summed E-state index contributed by atoms with van der Waals surface area (Å²) in [6.07, 6.45) is 2.77. The van der Waals surface area contributed by atoms with Crippen molar-refractivity contribution in [3.63, 3.8) is 0 Å². The molecule has 1 aromatic carbocycles. The van der Waals surface area contributed by atoms with E-state index in [9.17, 15) is 0 Å². The van der Waals surface area contributed by atoms with E-state index in [1.54, 1.807) is 7.11 Å². The molecule has 2 atom stereocenters. The molecule has 0 aliphatic carbocycles. The molecule has 0 spiro atoms. The fraction of sp³-hybridized carbons (Fsp3) is 0.571. The van der Waals surface area contributed by atoms with Crippen LogP contribution >= 0.6 is 0 Å². The molecule has 1 aliphatic rings. The van der Waals surface area contributed by atoms with Crippen molar-refractivity contribution in [2.24, 2.45) is 5.92 Å². The van der Waals surface area contributed by atoms with E-state index in [4.69, 9.17) is 9.47 Å². The van der Waals surface area contributed by atoms with Gasteiger partial charge in [-0.2, -0.15) is 0 Å². The van der Waals surface area contributed by atoms with Gasteiger partial charge in [0, 0.05) is 12.5 Å². The zero-order chi connectivity index (χ0) is 12.1. The van der Waals surface area contributed by atoms with Gasteiger partial charge in [0.25, 0.3) is 0 Å². The Morgan fingerprint density at radius 3 is 2.53 bits per heavy atom. The van der Waals surface area contributed by atoms with E-state index < -0.39 is 0 Å². The van der Waals surface area contributed by atoms with Gasteiger partial charge in [0.15, 0.2) is 0 Å². The molecule has 3 nitrogen and oxygen atoms in total. The maximum Gasteiger partial charge on any atom is 0.119 e. The van der Waals surface area contributed by atoms with Crippen molar-refractivity contribution < 1.29 is 9.47 Å². The highest BCUT2D eigenvalue weighted by molar-refractivity contribution is 5.31. The number of piperidine rings is 1. The number of hydrogen-bond donors (Lipinski definition) is 1. The number of methoxy groups -OCH3 is 1. The fourth-order valence-electron chi connectivity index (χ4n) is 2.24. The third-order valence-electron chi connectivity index (χ3n) is 3.38. The minimum atomic E-state index is 0.260. The van der Waals surface area contributed by atoms with Gasteiger partial charge in [0.2, 0.25) is 0 Å². The number of benzene rings is 1. The van der Waals surface area contributed by atoms with Crippen molar-refractivity contribution in [2.75, 3.05) is 20.2 Å². The van der Waals surface area contributed by atoms with Crippen LogP contribution in [0.2, 0.25) is 0 Å². The number of hydrogen-bond acceptors (Lipinski definition) is 3. The highest BCUT2D eigenvalue weighted by Gasteiger charge is 2.21. The summed E-state index contributed by atoms with van der Waals surface area (Å²) in [6, 6.07) is 7.79. The van der Waals surface area contributed by atoms with Gasteiger partial charge < -0.3 is 14.8 Å². The van der Waals surface area contributed by atoms with Crippen molar-refractivity contribution in [1.82, 2.24) is 5.32 Å². The van der Waals surface area contributed by atoms with Crippen LogP contribution in [0.25, 0.3) is 0 Å². The normalized spacial score (nSPS) is 21.9. The monoisotopic (exact) mass is 235 g/mol. The first-order valence-corrected chi connectivity index (χ1v) is 6.31. The number of rotatable bonds is 4. The Morgan fingerprint density at radius 1 is 1.24 bits per heavy atom. The quantitative estimate of drug-likeness (QED) is 0.869. The van der Waals surface area contributed by atoms with Crippen LogP contribution in [0.1, 0.15) is 19.8 Å². The van der Waals surface area contributed by atoms with Crippen LogP contribution in [0.5, 0.6) is 11.5 Å². The molecule has 2 unspecified atom stereocenters. The summed E-state index contributed by atoms with van der Waals surface area (Å²) < 4.78 is 11.1. The molecule has 17 heavy (non-hydrogen) atoms. The van der Waals surface area contributed by atoms with Gasteiger partial charge in [0.05, 0.1) is 13.2 Å². The zero-order valence-electron chi connectivity index (χ0n) is 10.6. The lowest BCUT2D eigenvalue weighted by Crippen LogP contribution is -2.37. The van der Waals surface area contributed by atoms with E-state index in [-0.39, 0.29) is 6.10 Å². The van der Waals surface area contributed by atoms with Gasteiger partial charge in [-0.05, 0) is 50.6 Å². The SMILES string of the molecule is COc1ccc(OC(C)C2CCCNC2)cc1. The van der Waals surface area contributed by atoms with E-state index in [1.807, 2.05) is 24.3 Å². The van der Waals surface area contributed by atoms with Crippen LogP contribution in [0, 0.1) is 5.92 Å². The molecule has 1 aromatic rings. The molecule has 1 aliphatic heterocycles. The highest BCUT2D eigenvalue weighted by Crippen LogP contribution is 2.22. The topological polar surface area (TPSA) is 30.5 Å². The summed E-state index contributed by atoms with van der Waals surface area (Å²) in [5, 5.41) is 3.42. The molecule has 1 saturated heterocycles. The molecule has 2 rings (SSSR count). The molecule has 1 N–H and O–H groups in total. The second-order valence-electron chi connectivity index (χ2n) is 4.60. The second kappa shape index (κ2) is 5.92. The number of ether oxygens (including phenoxy) is 2. The summed E-state index contributed by atoms with van der Waals surface area (Å²) in [5.41, 5.74) is 0. The van der Waals surface area contributed by atoms with E-state index >= 15 is 0 Å². The third kappa shape index (κ3) is 3.37. The van der Waals surface area contributed by atoms with E-state index in [0.29, 0.717) is 5.92 Å². The largest absolute Gasteiger partial charge is 0.497 e. The Hall–Kier alpha value is -1.22. The van der Waals surface area contributed by atoms with Gasteiger partial charge in [-0.15, -0.1) is 0 Å². The average molecular weight is 235 g/mol. The van der Waals surface area contributed by atoms with Crippen molar-refractivity contribution in [1.29, 1.82) is 0 Å². The van der Waals surface area contributed by atoms with Crippen LogP contribution in [-0.4, -0.2) is 26.3 Å². The zero-order valence-corrected chi connectivity index (χ0v) is 10.6. The fourth-order valence-corrected chi connectivity index (χ4v) is 2.24. The Morgan fingerprint density at radius 2 is 1.94 bits per heavy atom. The molecule has 94 valence electrons. The molecule has 3 heteroatoms. The smallest absolute Gasteiger partial charge is 0.119 e. The van der Waals surface area contributed by atoms with Crippen LogP contribution in [-0.2, 0) is 0 Å². The average Bonchev–Trinajstić information content (AvgIpc) is 2.40. The van der Waals surface area contributed by atoms with E-state index in [0.717, 1.165) is 24.6 Å². The first-order valence-electron chi connectivity index (χ1n) is 6.31. The van der Waals surface area contributed by atoms with Crippen LogP contribution in [0.4, 0.5) is 0 Å². The minimum absolute atomic E-state index is 0.260. The van der Waals surface area contributed by atoms with Gasteiger partial charge in [-0.25, -0.2) is 0 Å². The van der Waals surface area contributed by atoms with Gasteiger partial charge in [-0.1, -0.05) is 0 Å². The maximum absolute atomic E-state index is 5.96. The van der Waals surface area contributed by atoms with Crippen LogP contribution in [0.3, 0.4) is 0 Å². The standard InChI is InChI=1S/C14H21NO2/c1-11(12-4-3-9-15-10-12)17-14-7-5-13(16-2)6-8-14/h5-8,11-12,15H,3-4,9-10H2,1-2H3. The van der Waals surface area contributed by atoms with Crippen molar-refractivity contribution in [3.05, 3.63) is 24.3 Å². The van der Waals surface area contributed by atoms with E-state index in [1.165, 1.54) is 12.8 Å². The van der Waals surface area contributed by atoms with Crippen molar-refractivity contribution >= 4 is 0 Å².